The first-order valence-electron chi connectivity index (χ1n) is 7.43. The van der Waals surface area contributed by atoms with E-state index in [1.807, 2.05) is 24.3 Å². The van der Waals surface area contributed by atoms with E-state index >= 15 is 0 Å². The van der Waals surface area contributed by atoms with E-state index in [9.17, 15) is 14.7 Å². The number of carboxylic acid groups (broad SMARTS) is 1. The summed E-state index contributed by atoms with van der Waals surface area (Å²) in [4.78, 5) is 30.8. The molecule has 0 saturated heterocycles. The van der Waals surface area contributed by atoms with Crippen molar-refractivity contribution in [1.82, 2.24) is 4.98 Å². The van der Waals surface area contributed by atoms with Crippen LogP contribution in [0.5, 0.6) is 0 Å². The van der Waals surface area contributed by atoms with E-state index in [0.29, 0.717) is 5.56 Å². The van der Waals surface area contributed by atoms with Crippen LogP contribution in [0.2, 0.25) is 0 Å². The zero-order valence-corrected chi connectivity index (χ0v) is 13.3. The van der Waals surface area contributed by atoms with Gasteiger partial charge in [0.25, 0.3) is 0 Å². The highest BCUT2D eigenvalue weighted by molar-refractivity contribution is 6.08. The number of aliphatic imine (C=N–C) groups is 1. The molecule has 2 aromatic rings. The Labute approximate surface area is 138 Å². The second-order valence-corrected chi connectivity index (χ2v) is 5.67. The molecule has 2 rings (SSSR count). The summed E-state index contributed by atoms with van der Waals surface area (Å²) in [5, 5.41) is 10.4. The van der Waals surface area contributed by atoms with Crippen LogP contribution in [0.15, 0.2) is 35.5 Å². The lowest BCUT2D eigenvalue weighted by atomic mass is 9.75. The number of carboxylic acids is 1. The molecule has 128 valence electrons. The highest BCUT2D eigenvalue weighted by Gasteiger charge is 2.48. The van der Waals surface area contributed by atoms with Crippen LogP contribution in [-0.2, 0) is 9.59 Å². The molecule has 0 aliphatic carbocycles. The average Bonchev–Trinajstić information content (AvgIpc) is 2.94. The molecule has 1 aromatic heterocycles. The van der Waals surface area contributed by atoms with Gasteiger partial charge in [-0.2, -0.15) is 0 Å². The van der Waals surface area contributed by atoms with Gasteiger partial charge < -0.3 is 27.3 Å². The number of fused-ring (bicyclic) bond motifs is 1. The average molecular weight is 331 g/mol. The number of benzene rings is 1. The number of para-hydroxylation sites is 1. The van der Waals surface area contributed by atoms with E-state index in [1.54, 1.807) is 6.20 Å². The van der Waals surface area contributed by atoms with Gasteiger partial charge >= 0.3 is 5.97 Å². The normalized spacial score (nSPS) is 14.8. The number of hydrogen-bond donors (Lipinski definition) is 5. The Morgan fingerprint density at radius 2 is 2.00 bits per heavy atom. The van der Waals surface area contributed by atoms with Gasteiger partial charge in [0.15, 0.2) is 17.3 Å². The number of nitrogens with zero attached hydrogens (tertiary/aromatic N) is 1. The number of aromatic nitrogens is 1. The summed E-state index contributed by atoms with van der Waals surface area (Å²) < 4.78 is 0. The summed E-state index contributed by atoms with van der Waals surface area (Å²) >= 11 is 0. The first-order chi connectivity index (χ1) is 11.3. The maximum Gasteiger partial charge on any atom is 0.332 e. The van der Waals surface area contributed by atoms with Gasteiger partial charge in [0.1, 0.15) is 0 Å². The molecule has 1 heterocycles. The maximum atomic E-state index is 12.1. The van der Waals surface area contributed by atoms with Crippen LogP contribution in [0.3, 0.4) is 0 Å². The summed E-state index contributed by atoms with van der Waals surface area (Å²) in [6.07, 6.45) is 1.89. The van der Waals surface area contributed by atoms with Gasteiger partial charge in [-0.3, -0.25) is 9.79 Å². The van der Waals surface area contributed by atoms with Crippen LogP contribution in [0, 0.1) is 0 Å². The third kappa shape index (κ3) is 3.09. The fraction of sp³-hybridized carbons (Fsp3) is 0.312. The van der Waals surface area contributed by atoms with E-state index in [4.69, 9.17) is 17.2 Å². The van der Waals surface area contributed by atoms with E-state index < -0.39 is 23.2 Å². The third-order valence-electron chi connectivity index (χ3n) is 4.19. The Hall–Kier alpha value is -2.87. The molecule has 8 nitrogen and oxygen atoms in total. The van der Waals surface area contributed by atoms with Crippen LogP contribution in [0.25, 0.3) is 10.9 Å². The van der Waals surface area contributed by atoms with Crippen LogP contribution in [0.1, 0.15) is 24.8 Å². The molecule has 8 heteroatoms. The van der Waals surface area contributed by atoms with Crippen LogP contribution < -0.4 is 17.2 Å². The number of carbonyl (C=O) groups is 2. The Morgan fingerprint density at radius 3 is 2.58 bits per heavy atom. The number of rotatable bonds is 7. The SMILES string of the molecule is CC(=O)[C@](N)(C(=O)O)C(CCN=C(N)N)c1c[nH]c2ccccc12. The van der Waals surface area contributed by atoms with Gasteiger partial charge in [-0.25, -0.2) is 4.79 Å². The third-order valence-corrected chi connectivity index (χ3v) is 4.19. The van der Waals surface area contributed by atoms with E-state index in [-0.39, 0.29) is 18.9 Å². The molecule has 2 atom stereocenters. The van der Waals surface area contributed by atoms with Crippen molar-refractivity contribution in [3.05, 3.63) is 36.0 Å². The number of guanidine groups is 1. The summed E-state index contributed by atoms with van der Waals surface area (Å²) in [6.45, 7) is 1.34. The number of aliphatic carboxylic acids is 1. The lowest BCUT2D eigenvalue weighted by Crippen LogP contribution is -2.58. The molecule has 0 bridgehead atoms. The van der Waals surface area contributed by atoms with Crippen molar-refractivity contribution in [2.24, 2.45) is 22.2 Å². The standard InChI is InChI=1S/C16H21N5O3/c1-9(22)16(19,14(23)24)12(6-7-20-15(17)18)11-8-21-13-5-3-2-4-10(11)13/h2-5,8,12,21H,6-7,19H2,1H3,(H,23,24)(H4,17,18,20)/t12?,16-/m1/s1. The number of carbonyl (C=O) groups excluding carboxylic acids is 1. The number of aromatic amines is 1. The monoisotopic (exact) mass is 331 g/mol. The Bertz CT molecular complexity index is 778. The molecule has 8 N–H and O–H groups in total. The Balaban J connectivity index is 2.56. The van der Waals surface area contributed by atoms with Crippen molar-refractivity contribution in [3.63, 3.8) is 0 Å². The smallest absolute Gasteiger partial charge is 0.332 e. The predicted molar refractivity (Wildman–Crippen MR) is 91.6 cm³/mol. The van der Waals surface area contributed by atoms with Gasteiger partial charge in [-0.15, -0.1) is 0 Å². The Kier molecular flexibility index (Phi) is 4.89. The highest BCUT2D eigenvalue weighted by atomic mass is 16.4. The van der Waals surface area contributed by atoms with Gasteiger partial charge in [0.05, 0.1) is 0 Å². The van der Waals surface area contributed by atoms with Gasteiger partial charge in [-0.05, 0) is 25.0 Å². The lowest BCUT2D eigenvalue weighted by molar-refractivity contribution is -0.148. The van der Waals surface area contributed by atoms with Crippen LogP contribution >= 0.6 is 0 Å². The van der Waals surface area contributed by atoms with Crippen molar-refractivity contribution >= 4 is 28.6 Å². The first-order valence-corrected chi connectivity index (χ1v) is 7.43. The van der Waals surface area contributed by atoms with Crippen molar-refractivity contribution in [1.29, 1.82) is 0 Å². The molecule has 1 unspecified atom stereocenters. The summed E-state index contributed by atoms with van der Waals surface area (Å²) in [5.41, 5.74) is 16.1. The highest BCUT2D eigenvalue weighted by Crippen LogP contribution is 2.35. The zero-order chi connectivity index (χ0) is 17.9. The molecule has 0 spiro atoms. The van der Waals surface area contributed by atoms with Crippen molar-refractivity contribution in [2.75, 3.05) is 6.54 Å². The fourth-order valence-corrected chi connectivity index (χ4v) is 2.88. The topological polar surface area (TPSA) is 161 Å². The second-order valence-electron chi connectivity index (χ2n) is 5.67. The molecule has 0 radical (unpaired) electrons. The maximum absolute atomic E-state index is 12.1. The van der Waals surface area contributed by atoms with Crippen molar-refractivity contribution < 1.29 is 14.7 Å². The molecule has 0 saturated carbocycles. The van der Waals surface area contributed by atoms with Crippen LogP contribution in [-0.4, -0.2) is 39.9 Å². The fourth-order valence-electron chi connectivity index (χ4n) is 2.88. The number of H-pyrrole nitrogens is 1. The number of nitrogens with two attached hydrogens (primary N) is 3. The second kappa shape index (κ2) is 6.71. The molecule has 0 aliphatic heterocycles. The minimum atomic E-state index is -2.07. The van der Waals surface area contributed by atoms with Gasteiger partial charge in [0, 0.05) is 29.6 Å². The zero-order valence-electron chi connectivity index (χ0n) is 13.3. The summed E-state index contributed by atoms with van der Waals surface area (Å²) in [6, 6.07) is 7.39. The van der Waals surface area contributed by atoms with Gasteiger partial charge in [0.2, 0.25) is 0 Å². The quantitative estimate of drug-likeness (QED) is 0.278. The molecule has 0 amide bonds. The van der Waals surface area contributed by atoms with E-state index in [0.717, 1.165) is 10.9 Å². The first kappa shape index (κ1) is 17.5. The van der Waals surface area contributed by atoms with Crippen molar-refractivity contribution in [3.8, 4) is 0 Å². The molecule has 0 fully saturated rings. The number of hydrogen-bond acceptors (Lipinski definition) is 4. The molecule has 1 aromatic carbocycles. The van der Waals surface area contributed by atoms with Crippen LogP contribution in [0.4, 0.5) is 0 Å². The predicted octanol–water partition coefficient (Wildman–Crippen LogP) is 0.286. The minimum Gasteiger partial charge on any atom is -0.480 e. The molecular weight excluding hydrogens is 310 g/mol. The minimum absolute atomic E-state index is 0.103. The lowest BCUT2D eigenvalue weighted by Gasteiger charge is -2.31. The van der Waals surface area contributed by atoms with Crippen molar-refractivity contribution in [2.45, 2.75) is 24.8 Å². The Morgan fingerprint density at radius 1 is 1.33 bits per heavy atom. The molecular formula is C16H21N5O3. The largest absolute Gasteiger partial charge is 0.480 e. The number of nitrogens with one attached hydrogen (secondary N) is 1. The van der Waals surface area contributed by atoms with E-state index in [2.05, 4.69) is 9.98 Å². The number of ketones is 1. The molecule has 24 heavy (non-hydrogen) atoms. The van der Waals surface area contributed by atoms with E-state index in [1.165, 1.54) is 6.92 Å². The molecule has 0 aliphatic rings. The summed E-state index contributed by atoms with van der Waals surface area (Å²) in [5.74, 6) is -2.90. The summed E-state index contributed by atoms with van der Waals surface area (Å²) in [7, 11) is 0. The van der Waals surface area contributed by atoms with Gasteiger partial charge in [-0.1, -0.05) is 18.2 Å². The number of Topliss-reactive ketones (excluding diaryl/α,β-unsaturated/α-hetero) is 1.